The summed E-state index contributed by atoms with van der Waals surface area (Å²) in [6, 6.07) is 13.3. The number of alkyl halides is 3. The Morgan fingerprint density at radius 2 is 1.70 bits per heavy atom. The predicted molar refractivity (Wildman–Crippen MR) is 111 cm³/mol. The van der Waals surface area contributed by atoms with Crippen molar-refractivity contribution < 1.29 is 26.3 Å². The van der Waals surface area contributed by atoms with E-state index in [1.807, 2.05) is 42.5 Å². The van der Waals surface area contributed by atoms with Gasteiger partial charge in [-0.25, -0.2) is 8.42 Å². The summed E-state index contributed by atoms with van der Waals surface area (Å²) in [4.78, 5) is 1.58. The summed E-state index contributed by atoms with van der Waals surface area (Å²) in [7, 11) is -4.13. The molecule has 0 radical (unpaired) electrons. The van der Waals surface area contributed by atoms with Gasteiger partial charge in [-0.1, -0.05) is 58.4 Å². The summed E-state index contributed by atoms with van der Waals surface area (Å²) in [5.74, 6) is -0.745. The average Bonchev–Trinajstić information content (AvgIpc) is 2.68. The van der Waals surface area contributed by atoms with Crippen LogP contribution in [-0.4, -0.2) is 56.7 Å². The molecule has 0 aromatic heterocycles. The third-order valence-electron chi connectivity index (χ3n) is 4.55. The molecule has 10 heteroatoms. The molecule has 2 aromatic rings. The van der Waals surface area contributed by atoms with Gasteiger partial charge in [-0.05, 0) is 23.8 Å². The van der Waals surface area contributed by atoms with Gasteiger partial charge < -0.3 is 4.74 Å². The lowest BCUT2D eigenvalue weighted by Crippen LogP contribution is -2.48. The van der Waals surface area contributed by atoms with E-state index >= 15 is 0 Å². The van der Waals surface area contributed by atoms with Gasteiger partial charge in [0.1, 0.15) is 4.90 Å². The van der Waals surface area contributed by atoms with Crippen molar-refractivity contribution in [2.45, 2.75) is 11.3 Å². The maximum absolute atomic E-state index is 12.9. The van der Waals surface area contributed by atoms with Gasteiger partial charge in [0.15, 0.2) is 5.75 Å². The lowest BCUT2D eigenvalue weighted by Gasteiger charge is -2.33. The van der Waals surface area contributed by atoms with Crippen molar-refractivity contribution in [3.05, 3.63) is 64.6 Å². The Hall–Kier alpha value is -1.88. The van der Waals surface area contributed by atoms with Crippen LogP contribution in [0.4, 0.5) is 13.2 Å². The molecule has 2 aromatic carbocycles. The van der Waals surface area contributed by atoms with Crippen LogP contribution in [0.25, 0.3) is 6.08 Å². The minimum absolute atomic E-state index is 0.184. The Kier molecular flexibility index (Phi) is 7.22. The van der Waals surface area contributed by atoms with Crippen LogP contribution in [0.5, 0.6) is 5.75 Å². The highest BCUT2D eigenvalue weighted by atomic mass is 79.9. The van der Waals surface area contributed by atoms with Gasteiger partial charge in [-0.3, -0.25) is 4.90 Å². The van der Waals surface area contributed by atoms with Crippen LogP contribution in [0.1, 0.15) is 5.56 Å². The summed E-state index contributed by atoms with van der Waals surface area (Å²) in [6.07, 6.45) is -0.996. The highest BCUT2D eigenvalue weighted by Gasteiger charge is 2.36. The lowest BCUT2D eigenvalue weighted by atomic mass is 10.2. The zero-order valence-electron chi connectivity index (χ0n) is 15.8. The van der Waals surface area contributed by atoms with Crippen molar-refractivity contribution >= 4 is 32.0 Å². The Morgan fingerprint density at radius 1 is 1.03 bits per heavy atom. The number of halogens is 4. The second-order valence-corrected chi connectivity index (χ2v) is 9.48. The predicted octanol–water partition coefficient (Wildman–Crippen LogP) is 4.37. The normalized spacial score (nSPS) is 16.8. The SMILES string of the molecule is O=S(=O)(c1ccc(Br)cc1OC(F)(F)F)N1CCN(CC=Cc2ccccc2)CC1. The van der Waals surface area contributed by atoms with Crippen LogP contribution in [0.2, 0.25) is 0 Å². The Bertz CT molecular complexity index is 990. The Labute approximate surface area is 181 Å². The highest BCUT2D eigenvalue weighted by Crippen LogP contribution is 2.34. The van der Waals surface area contributed by atoms with E-state index in [1.54, 1.807) is 0 Å². The van der Waals surface area contributed by atoms with Crippen molar-refractivity contribution in [3.8, 4) is 5.75 Å². The molecule has 1 saturated heterocycles. The van der Waals surface area contributed by atoms with Crippen LogP contribution >= 0.6 is 15.9 Å². The van der Waals surface area contributed by atoms with Crippen molar-refractivity contribution in [1.29, 1.82) is 0 Å². The average molecular weight is 505 g/mol. The van der Waals surface area contributed by atoms with Crippen molar-refractivity contribution in [2.75, 3.05) is 32.7 Å². The molecule has 3 rings (SSSR count). The smallest absolute Gasteiger partial charge is 0.404 e. The first kappa shape index (κ1) is 22.8. The molecule has 30 heavy (non-hydrogen) atoms. The number of ether oxygens (including phenoxy) is 1. The largest absolute Gasteiger partial charge is 0.573 e. The molecule has 162 valence electrons. The van der Waals surface area contributed by atoms with Gasteiger partial charge in [-0.15, -0.1) is 13.2 Å². The van der Waals surface area contributed by atoms with Crippen molar-refractivity contribution in [3.63, 3.8) is 0 Å². The molecule has 0 saturated carbocycles. The number of hydrogen-bond donors (Lipinski definition) is 0. The van der Waals surface area contributed by atoms with Gasteiger partial charge in [0, 0.05) is 37.2 Å². The van der Waals surface area contributed by atoms with E-state index in [4.69, 9.17) is 0 Å². The van der Waals surface area contributed by atoms with E-state index in [2.05, 4.69) is 25.6 Å². The fraction of sp³-hybridized carbons (Fsp3) is 0.300. The van der Waals surface area contributed by atoms with Gasteiger partial charge >= 0.3 is 6.36 Å². The molecule has 1 aliphatic rings. The molecule has 1 aliphatic heterocycles. The van der Waals surface area contributed by atoms with E-state index in [9.17, 15) is 21.6 Å². The molecule has 1 heterocycles. The summed E-state index contributed by atoms with van der Waals surface area (Å²) in [5.41, 5.74) is 1.08. The minimum Gasteiger partial charge on any atom is -0.404 e. The van der Waals surface area contributed by atoms with Crippen molar-refractivity contribution in [2.24, 2.45) is 0 Å². The van der Waals surface area contributed by atoms with E-state index < -0.39 is 27.0 Å². The molecule has 0 spiro atoms. The third-order valence-corrected chi connectivity index (χ3v) is 6.99. The molecular weight excluding hydrogens is 485 g/mol. The van der Waals surface area contributed by atoms with E-state index in [0.29, 0.717) is 19.6 Å². The first-order valence-corrected chi connectivity index (χ1v) is 11.4. The fourth-order valence-corrected chi connectivity index (χ4v) is 4.95. The quantitative estimate of drug-likeness (QED) is 0.586. The topological polar surface area (TPSA) is 49.9 Å². The molecule has 0 N–H and O–H groups in total. The molecule has 5 nitrogen and oxygen atoms in total. The highest BCUT2D eigenvalue weighted by molar-refractivity contribution is 9.10. The first-order chi connectivity index (χ1) is 14.1. The molecule has 0 atom stereocenters. The van der Waals surface area contributed by atoms with Crippen LogP contribution in [0, 0.1) is 0 Å². The van der Waals surface area contributed by atoms with E-state index in [0.717, 1.165) is 17.7 Å². The summed E-state index contributed by atoms with van der Waals surface area (Å²) in [5, 5.41) is 0. The maximum atomic E-state index is 12.9. The zero-order valence-corrected chi connectivity index (χ0v) is 18.3. The summed E-state index contributed by atoms with van der Waals surface area (Å²) in [6.45, 7) is 1.98. The lowest BCUT2D eigenvalue weighted by molar-refractivity contribution is -0.275. The van der Waals surface area contributed by atoms with Crippen LogP contribution < -0.4 is 4.74 Å². The number of sulfonamides is 1. The standard InChI is InChI=1S/C20H20BrF3N2O3S/c21-17-8-9-19(18(15-17)29-20(22,23)24)30(27,28)26-13-11-25(12-14-26)10-4-7-16-5-2-1-3-6-16/h1-9,15H,10-14H2. The fourth-order valence-electron chi connectivity index (χ4n) is 3.09. The van der Waals surface area contributed by atoms with Gasteiger partial charge in [-0.2, -0.15) is 4.31 Å². The Morgan fingerprint density at radius 3 is 2.33 bits per heavy atom. The number of hydrogen-bond acceptors (Lipinski definition) is 4. The van der Waals surface area contributed by atoms with E-state index in [1.165, 1.54) is 10.4 Å². The van der Waals surface area contributed by atoms with Gasteiger partial charge in [0.25, 0.3) is 0 Å². The molecule has 0 unspecified atom stereocenters. The van der Waals surface area contributed by atoms with Crippen LogP contribution in [0.15, 0.2) is 64.0 Å². The number of nitrogens with zero attached hydrogens (tertiary/aromatic N) is 2. The maximum Gasteiger partial charge on any atom is 0.573 e. The molecule has 1 fully saturated rings. The zero-order chi connectivity index (χ0) is 21.8. The van der Waals surface area contributed by atoms with Crippen LogP contribution in [-0.2, 0) is 10.0 Å². The number of benzene rings is 2. The third kappa shape index (κ3) is 6.07. The second kappa shape index (κ2) is 9.51. The monoisotopic (exact) mass is 504 g/mol. The van der Waals surface area contributed by atoms with E-state index in [-0.39, 0.29) is 17.6 Å². The molecule has 0 aliphatic carbocycles. The van der Waals surface area contributed by atoms with Crippen LogP contribution in [0.3, 0.4) is 0 Å². The first-order valence-electron chi connectivity index (χ1n) is 9.14. The molecular formula is C20H20BrF3N2O3S. The number of piperazine rings is 1. The number of rotatable bonds is 6. The Balaban J connectivity index is 1.66. The molecule has 0 amide bonds. The molecule has 0 bridgehead atoms. The minimum atomic E-state index is -4.99. The van der Waals surface area contributed by atoms with Gasteiger partial charge in [0.05, 0.1) is 0 Å². The van der Waals surface area contributed by atoms with Crippen molar-refractivity contribution in [1.82, 2.24) is 9.21 Å². The second-order valence-electron chi connectivity index (χ2n) is 6.66. The van der Waals surface area contributed by atoms with Gasteiger partial charge in [0.2, 0.25) is 10.0 Å². The summed E-state index contributed by atoms with van der Waals surface area (Å²) >= 11 is 3.05. The summed E-state index contributed by atoms with van der Waals surface area (Å²) < 4.78 is 69.5.